The average molecular weight is 577 g/mol. The fourth-order valence-electron chi connectivity index (χ4n) is 4.92. The molecule has 0 unspecified atom stereocenters. The number of carbonyl (C=O) groups is 1. The van der Waals surface area contributed by atoms with Gasteiger partial charge in [-0.25, -0.2) is 17.8 Å². The number of aryl methyl sites for hydroxylation is 1. The summed E-state index contributed by atoms with van der Waals surface area (Å²) in [4.78, 5) is 22.1. The van der Waals surface area contributed by atoms with Gasteiger partial charge < -0.3 is 4.90 Å². The molecular weight excluding hydrogens is 547 g/mol. The van der Waals surface area contributed by atoms with E-state index in [1.165, 1.54) is 33.8 Å². The number of benzene rings is 2. The molecule has 0 spiro atoms. The minimum atomic E-state index is -3.61. The number of sulfonamides is 1. The highest BCUT2D eigenvalue weighted by Gasteiger charge is 2.32. The van der Waals surface area contributed by atoms with Crippen LogP contribution in [0.3, 0.4) is 0 Å². The summed E-state index contributed by atoms with van der Waals surface area (Å²) in [6.07, 6.45) is 1.31. The van der Waals surface area contributed by atoms with Crippen molar-refractivity contribution < 1.29 is 17.6 Å². The molecule has 1 amide bonds. The summed E-state index contributed by atoms with van der Waals surface area (Å²) in [6.45, 7) is 6.10. The Morgan fingerprint density at radius 1 is 1.05 bits per heavy atom. The number of amides is 1. The molecule has 0 atom stereocenters. The van der Waals surface area contributed by atoms with Crippen LogP contribution in [0.4, 0.5) is 4.39 Å². The van der Waals surface area contributed by atoms with Gasteiger partial charge in [0, 0.05) is 62.1 Å². The van der Waals surface area contributed by atoms with E-state index in [9.17, 15) is 17.6 Å². The number of piperidine rings is 1. The number of aromatic nitrogens is 1. The van der Waals surface area contributed by atoms with Gasteiger partial charge in [-0.15, -0.1) is 11.3 Å². The molecule has 3 heterocycles. The highest BCUT2D eigenvalue weighted by molar-refractivity contribution is 7.89. The maximum absolute atomic E-state index is 13.1. The quantitative estimate of drug-likeness (QED) is 0.423. The lowest BCUT2D eigenvalue weighted by molar-refractivity contribution is 0.0623. The standard InChI is InChI=1S/C27H30ClFN4O3S2/c1-19-2-7-23(16-24(19)28)38(35,36)33-10-8-21(9-11-33)26-30-25(18-37-26)27(34)32-14-12-31(13-15-32)17-20-3-5-22(29)6-4-20/h2-7,16,18,21H,8-15,17H2,1H3. The molecule has 38 heavy (non-hydrogen) atoms. The Hall–Kier alpha value is -2.37. The van der Waals surface area contributed by atoms with E-state index in [1.807, 2.05) is 17.2 Å². The van der Waals surface area contributed by atoms with Crippen LogP contribution in [0, 0.1) is 12.7 Å². The molecule has 7 nitrogen and oxygen atoms in total. The summed E-state index contributed by atoms with van der Waals surface area (Å²) in [5, 5.41) is 3.15. The largest absolute Gasteiger partial charge is 0.335 e. The number of nitrogens with zero attached hydrogens (tertiary/aromatic N) is 4. The molecule has 2 aliphatic rings. The van der Waals surface area contributed by atoms with Gasteiger partial charge in [-0.1, -0.05) is 29.8 Å². The lowest BCUT2D eigenvalue weighted by atomic mass is 9.99. The van der Waals surface area contributed by atoms with E-state index in [0.717, 1.165) is 35.8 Å². The predicted molar refractivity (Wildman–Crippen MR) is 147 cm³/mol. The van der Waals surface area contributed by atoms with Crippen molar-refractivity contribution >= 4 is 38.9 Å². The van der Waals surface area contributed by atoms with Gasteiger partial charge in [-0.3, -0.25) is 9.69 Å². The molecule has 11 heteroatoms. The van der Waals surface area contributed by atoms with Crippen molar-refractivity contribution in [2.45, 2.75) is 37.1 Å². The first-order chi connectivity index (χ1) is 18.2. The zero-order valence-electron chi connectivity index (χ0n) is 21.1. The van der Waals surface area contributed by atoms with Crippen LogP contribution in [0.1, 0.15) is 45.4 Å². The number of piperazine rings is 1. The van der Waals surface area contributed by atoms with E-state index in [2.05, 4.69) is 9.88 Å². The van der Waals surface area contributed by atoms with E-state index < -0.39 is 10.0 Å². The van der Waals surface area contributed by atoms with Gasteiger partial charge in [0.15, 0.2) is 0 Å². The molecule has 0 aliphatic carbocycles. The molecule has 0 saturated carbocycles. The summed E-state index contributed by atoms with van der Waals surface area (Å²) in [7, 11) is -3.61. The third-order valence-electron chi connectivity index (χ3n) is 7.30. The zero-order chi connectivity index (χ0) is 26.9. The van der Waals surface area contributed by atoms with E-state index in [4.69, 9.17) is 11.6 Å². The van der Waals surface area contributed by atoms with E-state index in [0.29, 0.717) is 49.7 Å². The Labute approximate surface area is 231 Å². The van der Waals surface area contributed by atoms with E-state index in [1.54, 1.807) is 24.3 Å². The smallest absolute Gasteiger partial charge is 0.273 e. The number of hydrogen-bond acceptors (Lipinski definition) is 6. The van der Waals surface area contributed by atoms with Gasteiger partial charge in [-0.05, 0) is 55.2 Å². The summed E-state index contributed by atoms with van der Waals surface area (Å²) in [5.74, 6) is -0.178. The first kappa shape index (κ1) is 27.2. The summed E-state index contributed by atoms with van der Waals surface area (Å²) >= 11 is 7.63. The predicted octanol–water partition coefficient (Wildman–Crippen LogP) is 4.77. The number of hydrogen-bond donors (Lipinski definition) is 0. The van der Waals surface area contributed by atoms with Gasteiger partial charge in [0.25, 0.3) is 5.91 Å². The fraction of sp³-hybridized carbons (Fsp3) is 0.407. The second kappa shape index (κ2) is 11.4. The van der Waals surface area contributed by atoms with Gasteiger partial charge in [0.2, 0.25) is 10.0 Å². The first-order valence-electron chi connectivity index (χ1n) is 12.7. The Kier molecular flexibility index (Phi) is 8.16. The van der Waals surface area contributed by atoms with Gasteiger partial charge in [-0.2, -0.15) is 4.31 Å². The topological polar surface area (TPSA) is 73.8 Å². The van der Waals surface area contributed by atoms with Crippen molar-refractivity contribution in [2.75, 3.05) is 39.3 Å². The van der Waals surface area contributed by atoms with Crippen molar-refractivity contribution in [3.8, 4) is 0 Å². The van der Waals surface area contributed by atoms with Crippen molar-refractivity contribution in [1.82, 2.24) is 19.1 Å². The fourth-order valence-corrected chi connectivity index (χ4v) is 7.63. The Balaban J connectivity index is 1.14. The molecule has 2 aliphatic heterocycles. The van der Waals surface area contributed by atoms with E-state index in [-0.39, 0.29) is 22.5 Å². The molecule has 0 radical (unpaired) electrons. The molecule has 3 aromatic rings. The molecule has 0 bridgehead atoms. The Morgan fingerprint density at radius 3 is 2.39 bits per heavy atom. The normalized spacial score (nSPS) is 18.1. The number of rotatable bonds is 6. The third kappa shape index (κ3) is 5.94. The Bertz CT molecular complexity index is 1400. The molecule has 2 fully saturated rings. The summed E-state index contributed by atoms with van der Waals surface area (Å²) < 4.78 is 40.8. The van der Waals surface area contributed by atoms with Crippen molar-refractivity contribution in [1.29, 1.82) is 0 Å². The second-order valence-corrected chi connectivity index (χ2v) is 13.1. The van der Waals surface area contributed by atoms with Crippen LogP contribution < -0.4 is 0 Å². The maximum atomic E-state index is 13.1. The van der Waals surface area contributed by atoms with Crippen LogP contribution in [0.2, 0.25) is 5.02 Å². The highest BCUT2D eigenvalue weighted by Crippen LogP contribution is 2.33. The molecule has 1 aromatic heterocycles. The van der Waals surface area contributed by atoms with Crippen LogP contribution in [-0.2, 0) is 16.6 Å². The molecule has 2 saturated heterocycles. The lowest BCUT2D eigenvalue weighted by Gasteiger charge is -2.34. The monoisotopic (exact) mass is 576 g/mol. The maximum Gasteiger partial charge on any atom is 0.273 e. The van der Waals surface area contributed by atoms with Crippen LogP contribution in [-0.4, -0.2) is 72.7 Å². The zero-order valence-corrected chi connectivity index (χ0v) is 23.5. The van der Waals surface area contributed by atoms with Crippen LogP contribution >= 0.6 is 22.9 Å². The minimum absolute atomic E-state index is 0.0646. The number of carbonyl (C=O) groups excluding carboxylic acids is 1. The number of thiazole rings is 1. The summed E-state index contributed by atoms with van der Waals surface area (Å²) in [5.41, 5.74) is 2.35. The SMILES string of the molecule is Cc1ccc(S(=O)(=O)N2CCC(c3nc(C(=O)N4CCN(Cc5ccc(F)cc5)CC4)cs3)CC2)cc1Cl. The lowest BCUT2D eigenvalue weighted by Crippen LogP contribution is -2.48. The van der Waals surface area contributed by atoms with Crippen molar-refractivity contribution in [3.05, 3.63) is 80.5 Å². The van der Waals surface area contributed by atoms with Crippen LogP contribution in [0.15, 0.2) is 52.7 Å². The highest BCUT2D eigenvalue weighted by atomic mass is 35.5. The van der Waals surface area contributed by atoms with Gasteiger partial charge in [0.1, 0.15) is 11.5 Å². The minimum Gasteiger partial charge on any atom is -0.335 e. The second-order valence-electron chi connectivity index (χ2n) is 9.86. The van der Waals surface area contributed by atoms with E-state index >= 15 is 0 Å². The third-order valence-corrected chi connectivity index (χ3v) is 10.6. The molecule has 2 aromatic carbocycles. The molecule has 5 rings (SSSR count). The molecule has 202 valence electrons. The van der Waals surface area contributed by atoms with Crippen LogP contribution in [0.25, 0.3) is 0 Å². The van der Waals surface area contributed by atoms with Gasteiger partial charge >= 0.3 is 0 Å². The molecular formula is C27H30ClFN4O3S2. The van der Waals surface area contributed by atoms with Gasteiger partial charge in [0.05, 0.1) is 9.90 Å². The first-order valence-corrected chi connectivity index (χ1v) is 15.4. The summed E-state index contributed by atoms with van der Waals surface area (Å²) in [6, 6.07) is 11.4. The average Bonchev–Trinajstić information content (AvgIpc) is 3.42. The number of halogens is 2. The van der Waals surface area contributed by atoms with Crippen molar-refractivity contribution in [3.63, 3.8) is 0 Å². The van der Waals surface area contributed by atoms with Crippen molar-refractivity contribution in [2.24, 2.45) is 0 Å². The Morgan fingerprint density at radius 2 is 1.74 bits per heavy atom. The van der Waals surface area contributed by atoms with Crippen LogP contribution in [0.5, 0.6) is 0 Å². The molecule has 0 N–H and O–H groups in total.